The average molecular weight is 368 g/mol. The highest BCUT2D eigenvalue weighted by Crippen LogP contribution is 2.27. The Hall–Kier alpha value is -2.96. The van der Waals surface area contributed by atoms with E-state index in [9.17, 15) is 9.18 Å². The highest BCUT2D eigenvalue weighted by molar-refractivity contribution is 5.96. The molecule has 7 heteroatoms. The standard InChI is InChI=1S/C20H21FN4O2/c1-20(21)7-9-24(10-8-20)19(26)14-11-17-18(22-12-14)25(13-23-17)15-3-5-16(27-2)6-4-15/h3-6,11-13H,7-10H2,1-2H3. The van der Waals surface area contributed by atoms with Crippen molar-refractivity contribution < 1.29 is 13.9 Å². The van der Waals surface area contributed by atoms with Crippen LogP contribution in [0.4, 0.5) is 4.39 Å². The molecular formula is C20H21FN4O2. The van der Waals surface area contributed by atoms with Crippen molar-refractivity contribution in [2.24, 2.45) is 0 Å². The fourth-order valence-electron chi connectivity index (χ4n) is 3.31. The van der Waals surface area contributed by atoms with Crippen molar-refractivity contribution in [2.45, 2.75) is 25.4 Å². The van der Waals surface area contributed by atoms with Crippen LogP contribution in [-0.4, -0.2) is 51.2 Å². The monoisotopic (exact) mass is 368 g/mol. The van der Waals surface area contributed by atoms with Gasteiger partial charge in [-0.25, -0.2) is 14.4 Å². The Labute approximate surface area is 156 Å². The second-order valence-electron chi connectivity index (χ2n) is 7.08. The van der Waals surface area contributed by atoms with Gasteiger partial charge in [0, 0.05) is 25.0 Å². The highest BCUT2D eigenvalue weighted by atomic mass is 19.1. The number of likely N-dealkylation sites (tertiary alicyclic amines) is 1. The first-order valence-corrected chi connectivity index (χ1v) is 8.93. The zero-order valence-electron chi connectivity index (χ0n) is 15.4. The number of hydrogen-bond acceptors (Lipinski definition) is 4. The van der Waals surface area contributed by atoms with Gasteiger partial charge in [0.15, 0.2) is 5.65 Å². The molecule has 140 valence electrons. The number of fused-ring (bicyclic) bond motifs is 1. The molecule has 1 aliphatic heterocycles. The van der Waals surface area contributed by atoms with Gasteiger partial charge >= 0.3 is 0 Å². The number of benzene rings is 1. The molecule has 0 aliphatic carbocycles. The Bertz CT molecular complexity index is 971. The minimum atomic E-state index is -1.18. The number of hydrogen-bond donors (Lipinski definition) is 0. The molecule has 1 aromatic carbocycles. The number of piperidine rings is 1. The maximum absolute atomic E-state index is 14.0. The molecule has 0 saturated carbocycles. The quantitative estimate of drug-likeness (QED) is 0.711. The molecule has 0 N–H and O–H groups in total. The van der Waals surface area contributed by atoms with Crippen LogP contribution in [0.15, 0.2) is 42.9 Å². The second-order valence-corrected chi connectivity index (χ2v) is 7.08. The molecule has 27 heavy (non-hydrogen) atoms. The SMILES string of the molecule is COc1ccc(-n2cnc3cc(C(=O)N4CCC(C)(F)CC4)cnc32)cc1. The maximum Gasteiger partial charge on any atom is 0.255 e. The number of aromatic nitrogens is 3. The van der Waals surface area contributed by atoms with E-state index in [4.69, 9.17) is 4.74 Å². The van der Waals surface area contributed by atoms with Crippen LogP contribution in [0.2, 0.25) is 0 Å². The molecule has 2 aromatic heterocycles. The third kappa shape index (κ3) is 3.37. The predicted molar refractivity (Wildman–Crippen MR) is 100 cm³/mol. The Morgan fingerprint density at radius 3 is 2.56 bits per heavy atom. The fraction of sp³-hybridized carbons (Fsp3) is 0.350. The number of methoxy groups -OCH3 is 1. The van der Waals surface area contributed by atoms with Gasteiger partial charge in [0.05, 0.1) is 12.7 Å². The first-order chi connectivity index (χ1) is 13.0. The van der Waals surface area contributed by atoms with Gasteiger partial charge in [0.25, 0.3) is 5.91 Å². The van der Waals surface area contributed by atoms with Crippen LogP contribution in [-0.2, 0) is 0 Å². The first kappa shape index (κ1) is 17.5. The summed E-state index contributed by atoms with van der Waals surface area (Å²) in [5, 5.41) is 0. The normalized spacial score (nSPS) is 16.5. The van der Waals surface area contributed by atoms with E-state index >= 15 is 0 Å². The third-order valence-corrected chi connectivity index (χ3v) is 5.08. The van der Waals surface area contributed by atoms with E-state index in [-0.39, 0.29) is 5.91 Å². The van der Waals surface area contributed by atoms with E-state index in [1.807, 2.05) is 28.8 Å². The maximum atomic E-state index is 14.0. The first-order valence-electron chi connectivity index (χ1n) is 8.93. The Morgan fingerprint density at radius 2 is 1.89 bits per heavy atom. The zero-order chi connectivity index (χ0) is 19.0. The summed E-state index contributed by atoms with van der Waals surface area (Å²) in [5.74, 6) is 0.647. The van der Waals surface area contributed by atoms with Crippen LogP contribution >= 0.6 is 0 Å². The van der Waals surface area contributed by atoms with Gasteiger partial charge in [-0.3, -0.25) is 9.36 Å². The van der Waals surface area contributed by atoms with Crippen LogP contribution < -0.4 is 4.74 Å². The van der Waals surface area contributed by atoms with Gasteiger partial charge < -0.3 is 9.64 Å². The summed E-state index contributed by atoms with van der Waals surface area (Å²) >= 11 is 0. The van der Waals surface area contributed by atoms with Crippen LogP contribution in [0.5, 0.6) is 5.75 Å². The number of amides is 1. The average Bonchev–Trinajstić information content (AvgIpc) is 3.10. The number of imidazole rings is 1. The molecule has 3 aromatic rings. The molecule has 6 nitrogen and oxygen atoms in total. The fourth-order valence-corrected chi connectivity index (χ4v) is 3.31. The minimum Gasteiger partial charge on any atom is -0.497 e. The molecule has 1 saturated heterocycles. The summed E-state index contributed by atoms with van der Waals surface area (Å²) in [6.07, 6.45) is 3.97. The van der Waals surface area contributed by atoms with Crippen molar-refractivity contribution >= 4 is 17.1 Å². The number of ether oxygens (including phenoxy) is 1. The van der Waals surface area contributed by atoms with Crippen molar-refractivity contribution in [1.82, 2.24) is 19.4 Å². The van der Waals surface area contributed by atoms with Gasteiger partial charge in [-0.15, -0.1) is 0 Å². The van der Waals surface area contributed by atoms with Crippen LogP contribution in [0, 0.1) is 0 Å². The van der Waals surface area contributed by atoms with E-state index in [0.717, 1.165) is 11.4 Å². The van der Waals surface area contributed by atoms with Crippen molar-refractivity contribution in [3.63, 3.8) is 0 Å². The number of carbonyl (C=O) groups is 1. The van der Waals surface area contributed by atoms with Crippen LogP contribution in [0.3, 0.4) is 0 Å². The number of nitrogens with zero attached hydrogens (tertiary/aromatic N) is 4. The number of halogens is 1. The van der Waals surface area contributed by atoms with Crippen molar-refractivity contribution in [3.8, 4) is 11.4 Å². The molecular weight excluding hydrogens is 347 g/mol. The number of alkyl halides is 1. The zero-order valence-corrected chi connectivity index (χ0v) is 15.4. The Balaban J connectivity index is 1.59. The molecule has 3 heterocycles. The van der Waals surface area contributed by atoms with E-state index < -0.39 is 5.67 Å². The lowest BCUT2D eigenvalue weighted by Gasteiger charge is -2.34. The van der Waals surface area contributed by atoms with E-state index in [1.165, 1.54) is 0 Å². The van der Waals surface area contributed by atoms with Crippen LogP contribution in [0.1, 0.15) is 30.1 Å². The third-order valence-electron chi connectivity index (χ3n) is 5.08. The largest absolute Gasteiger partial charge is 0.497 e. The summed E-state index contributed by atoms with van der Waals surface area (Å²) in [4.78, 5) is 23.2. The van der Waals surface area contributed by atoms with Crippen molar-refractivity contribution in [2.75, 3.05) is 20.2 Å². The van der Waals surface area contributed by atoms with E-state index in [2.05, 4.69) is 9.97 Å². The van der Waals surface area contributed by atoms with Crippen molar-refractivity contribution in [1.29, 1.82) is 0 Å². The summed E-state index contributed by atoms with van der Waals surface area (Å²) < 4.78 is 21.0. The topological polar surface area (TPSA) is 60.3 Å². The van der Waals surface area contributed by atoms with E-state index in [1.54, 1.807) is 37.5 Å². The summed E-state index contributed by atoms with van der Waals surface area (Å²) in [7, 11) is 1.62. The number of rotatable bonds is 3. The minimum absolute atomic E-state index is 0.126. The Kier molecular flexibility index (Phi) is 4.30. The lowest BCUT2D eigenvalue weighted by molar-refractivity contribution is 0.0504. The Morgan fingerprint density at radius 1 is 1.19 bits per heavy atom. The van der Waals surface area contributed by atoms with E-state index in [0.29, 0.717) is 42.7 Å². The summed E-state index contributed by atoms with van der Waals surface area (Å²) in [6, 6.07) is 9.32. The highest BCUT2D eigenvalue weighted by Gasteiger charge is 2.32. The molecule has 1 amide bonds. The van der Waals surface area contributed by atoms with Gasteiger partial charge in [0.2, 0.25) is 0 Å². The second kappa shape index (κ2) is 6.64. The smallest absolute Gasteiger partial charge is 0.255 e. The van der Waals surface area contributed by atoms with Gasteiger partial charge in [-0.1, -0.05) is 0 Å². The molecule has 0 atom stereocenters. The molecule has 0 bridgehead atoms. The molecule has 4 rings (SSSR count). The number of carbonyl (C=O) groups excluding carboxylic acids is 1. The lowest BCUT2D eigenvalue weighted by Crippen LogP contribution is -2.43. The van der Waals surface area contributed by atoms with Crippen LogP contribution in [0.25, 0.3) is 16.9 Å². The van der Waals surface area contributed by atoms with Gasteiger partial charge in [-0.2, -0.15) is 0 Å². The van der Waals surface area contributed by atoms with Gasteiger partial charge in [0.1, 0.15) is 23.3 Å². The molecule has 0 spiro atoms. The van der Waals surface area contributed by atoms with Crippen molar-refractivity contribution in [3.05, 3.63) is 48.4 Å². The molecule has 1 fully saturated rings. The lowest BCUT2D eigenvalue weighted by atomic mass is 9.95. The summed E-state index contributed by atoms with van der Waals surface area (Å²) in [5.41, 5.74) is 1.51. The molecule has 0 radical (unpaired) electrons. The molecule has 1 aliphatic rings. The predicted octanol–water partition coefficient (Wildman–Crippen LogP) is 3.39. The van der Waals surface area contributed by atoms with Gasteiger partial charge in [-0.05, 0) is 50.1 Å². The molecule has 0 unspecified atom stereocenters. The summed E-state index contributed by atoms with van der Waals surface area (Å²) in [6.45, 7) is 2.43. The number of pyridine rings is 1.